The van der Waals surface area contributed by atoms with Crippen molar-refractivity contribution < 1.29 is 45.7 Å². The zero-order chi connectivity index (χ0) is 34.8. The SMILES string of the molecule is Cc1ccc(-c2cc(C(F)(F)F)nn2-c2ccc(S(=O)(=O)NC(=O)C(C)(C)N(C)/[N+]([O-])=N/OC(C)OC(=O)C(C)(C)C)cc2)cc1. The first-order valence-electron chi connectivity index (χ1n) is 13.7. The number of halogens is 3. The van der Waals surface area contributed by atoms with Crippen LogP contribution in [0.2, 0.25) is 0 Å². The summed E-state index contributed by atoms with van der Waals surface area (Å²) >= 11 is 0. The van der Waals surface area contributed by atoms with E-state index in [9.17, 15) is 36.4 Å². The Balaban J connectivity index is 1.79. The van der Waals surface area contributed by atoms with Crippen molar-refractivity contribution in [2.75, 3.05) is 7.05 Å². The average Bonchev–Trinajstić information content (AvgIpc) is 3.41. The molecule has 46 heavy (non-hydrogen) atoms. The topological polar surface area (TPSA) is 158 Å². The molecule has 13 nitrogen and oxygen atoms in total. The molecule has 1 atom stereocenters. The van der Waals surface area contributed by atoms with Crippen LogP contribution in [0.5, 0.6) is 0 Å². The van der Waals surface area contributed by atoms with E-state index in [1.165, 1.54) is 32.9 Å². The molecule has 17 heteroatoms. The average molecular weight is 669 g/mol. The van der Waals surface area contributed by atoms with E-state index in [1.54, 1.807) is 45.0 Å². The number of nitrogens with zero attached hydrogens (tertiary/aromatic N) is 5. The highest BCUT2D eigenvalue weighted by molar-refractivity contribution is 7.90. The molecule has 3 aromatic rings. The molecule has 0 saturated carbocycles. The highest BCUT2D eigenvalue weighted by Gasteiger charge is 2.41. The second kappa shape index (κ2) is 13.0. The minimum Gasteiger partial charge on any atom is -0.569 e. The van der Waals surface area contributed by atoms with Crippen LogP contribution in [-0.2, 0) is 35.4 Å². The van der Waals surface area contributed by atoms with Gasteiger partial charge in [0, 0.05) is 12.5 Å². The number of rotatable bonds is 10. The molecule has 0 aliphatic heterocycles. The van der Waals surface area contributed by atoms with Crippen molar-refractivity contribution in [3.8, 4) is 16.9 Å². The van der Waals surface area contributed by atoms with E-state index >= 15 is 0 Å². The van der Waals surface area contributed by atoms with Gasteiger partial charge in [-0.3, -0.25) is 14.4 Å². The van der Waals surface area contributed by atoms with Gasteiger partial charge in [0.2, 0.25) is 5.28 Å². The Bertz CT molecular complexity index is 1710. The van der Waals surface area contributed by atoms with E-state index in [1.807, 2.05) is 11.6 Å². The van der Waals surface area contributed by atoms with Gasteiger partial charge in [-0.05, 0) is 71.9 Å². The summed E-state index contributed by atoms with van der Waals surface area (Å²) in [4.78, 5) is 29.4. The van der Waals surface area contributed by atoms with Crippen LogP contribution >= 0.6 is 0 Å². The summed E-state index contributed by atoms with van der Waals surface area (Å²) in [6.45, 7) is 10.5. The van der Waals surface area contributed by atoms with Gasteiger partial charge in [-0.15, -0.1) is 5.01 Å². The molecule has 1 aromatic heterocycles. The third kappa shape index (κ3) is 8.32. The second-order valence-corrected chi connectivity index (χ2v) is 13.5. The summed E-state index contributed by atoms with van der Waals surface area (Å²) in [6, 6.07) is 12.3. The minimum absolute atomic E-state index is 0.118. The lowest BCUT2D eigenvalue weighted by atomic mass is 9.97. The molecular formula is C29H35F3N6O7S. The predicted molar refractivity (Wildman–Crippen MR) is 158 cm³/mol. The Labute approximate surface area is 264 Å². The first kappa shape index (κ1) is 35.8. The number of benzene rings is 2. The van der Waals surface area contributed by atoms with Gasteiger partial charge < -0.3 is 9.94 Å². The highest BCUT2D eigenvalue weighted by Crippen LogP contribution is 2.33. The summed E-state index contributed by atoms with van der Waals surface area (Å²) in [5, 5.41) is 20.2. The number of alkyl halides is 3. The van der Waals surface area contributed by atoms with Crippen LogP contribution in [0.3, 0.4) is 0 Å². The summed E-state index contributed by atoms with van der Waals surface area (Å²) in [6.07, 6.45) is -5.97. The molecule has 3 rings (SSSR count). The van der Waals surface area contributed by atoms with Crippen molar-refractivity contribution in [1.82, 2.24) is 19.5 Å². The molecule has 1 amide bonds. The number of aryl methyl sites for hydroxylation is 1. The Hall–Kier alpha value is -4.67. The summed E-state index contributed by atoms with van der Waals surface area (Å²) in [5.74, 6) is -1.73. The van der Waals surface area contributed by atoms with Crippen LogP contribution < -0.4 is 4.72 Å². The quantitative estimate of drug-likeness (QED) is 0.102. The van der Waals surface area contributed by atoms with E-state index in [-0.39, 0.29) is 21.2 Å². The number of nitrogens with one attached hydrogen (secondary N) is 1. The van der Waals surface area contributed by atoms with Gasteiger partial charge >= 0.3 is 12.1 Å². The maximum atomic E-state index is 13.5. The zero-order valence-corrected chi connectivity index (χ0v) is 27.2. The number of carbonyl (C=O) groups is 2. The van der Waals surface area contributed by atoms with E-state index in [2.05, 4.69) is 10.4 Å². The largest absolute Gasteiger partial charge is 0.569 e. The molecule has 0 radical (unpaired) electrons. The van der Waals surface area contributed by atoms with Crippen molar-refractivity contribution in [2.45, 2.75) is 71.4 Å². The summed E-state index contributed by atoms with van der Waals surface area (Å²) in [5.41, 5.74) is -2.17. The molecule has 0 saturated heterocycles. The Morgan fingerprint density at radius 3 is 2.13 bits per heavy atom. The Morgan fingerprint density at radius 2 is 1.61 bits per heavy atom. The molecule has 1 unspecified atom stereocenters. The maximum Gasteiger partial charge on any atom is 0.435 e. The standard InChI is InChI=1S/C29H35F3N6O7S/c1-18-9-11-20(12-10-18)23-17-24(29(30,31)32)33-37(23)21-13-15-22(16-14-21)46(42,43)34-25(39)28(6,7)36(8)38(41)35-45-19(2)44-26(40)27(3,4)5/h9-17,19H,1-8H3,(H,34,39)/b38-35-. The molecule has 2 aromatic carbocycles. The van der Waals surface area contributed by atoms with Crippen LogP contribution in [0, 0.1) is 17.5 Å². The number of carbonyl (C=O) groups excluding carboxylic acids is 2. The van der Waals surface area contributed by atoms with Gasteiger partial charge in [0.15, 0.2) is 11.2 Å². The van der Waals surface area contributed by atoms with Crippen LogP contribution in [0.15, 0.2) is 64.8 Å². The number of esters is 1. The minimum atomic E-state index is -4.73. The van der Waals surface area contributed by atoms with E-state index in [4.69, 9.17) is 9.57 Å². The first-order valence-corrected chi connectivity index (χ1v) is 15.2. The molecule has 0 spiro atoms. The number of hydrogen-bond acceptors (Lipinski definition) is 9. The third-order valence-electron chi connectivity index (χ3n) is 6.74. The van der Waals surface area contributed by atoms with E-state index in [0.717, 1.165) is 40.5 Å². The highest BCUT2D eigenvalue weighted by atomic mass is 32.2. The fraction of sp³-hybridized carbons (Fsp3) is 0.414. The van der Waals surface area contributed by atoms with Crippen LogP contribution in [-0.4, -0.2) is 58.9 Å². The zero-order valence-electron chi connectivity index (χ0n) is 26.4. The molecular weight excluding hydrogens is 633 g/mol. The Morgan fingerprint density at radius 1 is 1.04 bits per heavy atom. The van der Waals surface area contributed by atoms with Gasteiger partial charge in [0.05, 0.1) is 33.7 Å². The summed E-state index contributed by atoms with van der Waals surface area (Å²) in [7, 11) is -3.36. The molecule has 250 valence electrons. The lowest BCUT2D eigenvalue weighted by Crippen LogP contribution is -2.56. The molecule has 1 heterocycles. The molecule has 0 aliphatic carbocycles. The molecule has 1 N–H and O–H groups in total. The van der Waals surface area contributed by atoms with Crippen molar-refractivity contribution in [2.24, 2.45) is 10.7 Å². The van der Waals surface area contributed by atoms with Crippen LogP contribution in [0.25, 0.3) is 16.9 Å². The number of amides is 1. The first-order chi connectivity index (χ1) is 21.0. The summed E-state index contributed by atoms with van der Waals surface area (Å²) < 4.78 is 74.7. The van der Waals surface area contributed by atoms with Gasteiger partial charge in [-0.2, -0.15) is 18.3 Å². The van der Waals surface area contributed by atoms with Gasteiger partial charge in [0.25, 0.3) is 22.2 Å². The Kier molecular flexibility index (Phi) is 10.1. The van der Waals surface area contributed by atoms with Gasteiger partial charge in [-0.1, -0.05) is 29.8 Å². The number of aromatic nitrogens is 2. The number of likely N-dealkylation sites (N-methyl/N-ethyl adjacent to an activating group) is 1. The lowest BCUT2D eigenvalue weighted by Gasteiger charge is -2.29. The van der Waals surface area contributed by atoms with Gasteiger partial charge in [-0.25, -0.2) is 17.8 Å². The number of sulfonamides is 1. The lowest BCUT2D eigenvalue weighted by molar-refractivity contribution is -0.718. The van der Waals surface area contributed by atoms with E-state index in [0.29, 0.717) is 5.56 Å². The van der Waals surface area contributed by atoms with Crippen molar-refractivity contribution in [3.05, 3.63) is 71.1 Å². The van der Waals surface area contributed by atoms with Crippen LogP contribution in [0.4, 0.5) is 13.2 Å². The fourth-order valence-electron chi connectivity index (χ4n) is 3.59. The van der Waals surface area contributed by atoms with Crippen LogP contribution in [0.1, 0.15) is 52.8 Å². The van der Waals surface area contributed by atoms with Crippen molar-refractivity contribution in [1.29, 1.82) is 0 Å². The maximum absolute atomic E-state index is 13.5. The molecule has 0 bridgehead atoms. The number of hydrazine groups is 1. The fourth-order valence-corrected chi connectivity index (χ4v) is 4.70. The second-order valence-electron chi connectivity index (χ2n) is 11.9. The monoisotopic (exact) mass is 668 g/mol. The van der Waals surface area contributed by atoms with Gasteiger partial charge in [0.1, 0.15) is 0 Å². The predicted octanol–water partition coefficient (Wildman–Crippen LogP) is 5.13. The number of hydrogen-bond donors (Lipinski definition) is 1. The van der Waals surface area contributed by atoms with Crippen molar-refractivity contribution in [3.63, 3.8) is 0 Å². The molecule has 0 aliphatic rings. The molecule has 0 fully saturated rings. The smallest absolute Gasteiger partial charge is 0.435 e. The van der Waals surface area contributed by atoms with E-state index < -0.39 is 51.0 Å². The van der Waals surface area contributed by atoms with Crippen molar-refractivity contribution >= 4 is 21.9 Å². The third-order valence-corrected chi connectivity index (χ3v) is 8.08. The number of ether oxygens (including phenoxy) is 1. The normalized spacial score (nSPS) is 13.6.